The number of fused-ring (bicyclic) bond motifs is 3. The highest BCUT2D eigenvalue weighted by atomic mass is 19.4. The van der Waals surface area contributed by atoms with Gasteiger partial charge in [0.2, 0.25) is 0 Å². The minimum absolute atomic E-state index is 0.0404. The Kier molecular flexibility index (Phi) is 8.51. The zero-order valence-electron chi connectivity index (χ0n) is 28.3. The average molecular weight is 746 g/mol. The third-order valence-corrected chi connectivity index (χ3v) is 8.88. The lowest BCUT2D eigenvalue weighted by atomic mass is 9.96. The summed E-state index contributed by atoms with van der Waals surface area (Å²) in [7, 11) is 0. The number of rotatable bonds is 4. The first-order valence-electron chi connectivity index (χ1n) is 16.1. The van der Waals surface area contributed by atoms with E-state index in [0.29, 0.717) is 68.0 Å². The van der Waals surface area contributed by atoms with E-state index in [1.165, 1.54) is 19.1 Å². The van der Waals surface area contributed by atoms with Crippen LogP contribution in [-0.4, -0.2) is 19.5 Å². The fourth-order valence-electron chi connectivity index (χ4n) is 6.57. The minimum Gasteiger partial charge on any atom is -0.309 e. The summed E-state index contributed by atoms with van der Waals surface area (Å²) in [5, 5.41) is 0.840. The molecule has 0 spiro atoms. The van der Waals surface area contributed by atoms with Crippen LogP contribution >= 0.6 is 0 Å². The minimum atomic E-state index is -5.07. The molecule has 0 saturated heterocycles. The molecule has 0 N–H and O–H groups in total. The van der Waals surface area contributed by atoms with Crippen LogP contribution in [0.5, 0.6) is 0 Å². The Morgan fingerprint density at radius 3 is 1.48 bits per heavy atom. The third kappa shape index (κ3) is 6.73. The van der Waals surface area contributed by atoms with Crippen LogP contribution in [0.1, 0.15) is 33.9 Å². The van der Waals surface area contributed by atoms with Crippen molar-refractivity contribution in [1.82, 2.24) is 19.5 Å². The van der Waals surface area contributed by atoms with Crippen LogP contribution in [0.4, 0.5) is 45.2 Å². The zero-order chi connectivity index (χ0) is 38.9. The Morgan fingerprint density at radius 1 is 0.519 bits per heavy atom. The van der Waals surface area contributed by atoms with Gasteiger partial charge in [0.1, 0.15) is 11.6 Å². The second-order valence-electron chi connectivity index (χ2n) is 12.7. The molecule has 14 heteroatoms. The second-order valence-corrected chi connectivity index (χ2v) is 12.7. The maximum atomic E-state index is 13.8. The summed E-state index contributed by atoms with van der Waals surface area (Å²) in [4.78, 5) is 16.7. The maximum Gasteiger partial charge on any atom is 0.416 e. The SMILES string of the molecule is [C-]#[N+]c1ccc(-n2c3ccc(-c4cc(C)cc(C(F)(F)F)c4)cc3c3cc(-c4cc(C(F)(F)F)cc(C(F)(F)F)c4)ccc32)cc1-c1nc(C)nc(C)n1. The van der Waals surface area contributed by atoms with Crippen molar-refractivity contribution in [2.45, 2.75) is 39.3 Å². The van der Waals surface area contributed by atoms with E-state index in [2.05, 4.69) is 19.8 Å². The number of benzene rings is 5. The summed E-state index contributed by atoms with van der Waals surface area (Å²) >= 11 is 0. The van der Waals surface area contributed by atoms with Crippen LogP contribution in [0, 0.1) is 27.3 Å². The molecule has 7 rings (SSSR count). The van der Waals surface area contributed by atoms with Crippen molar-refractivity contribution in [2.24, 2.45) is 0 Å². The van der Waals surface area contributed by atoms with Gasteiger partial charge in [0, 0.05) is 22.0 Å². The Bertz CT molecular complexity index is 2630. The molecule has 0 aliphatic heterocycles. The number of hydrogen-bond donors (Lipinski definition) is 0. The lowest BCUT2D eigenvalue weighted by Gasteiger charge is -2.15. The highest BCUT2D eigenvalue weighted by molar-refractivity contribution is 6.11. The van der Waals surface area contributed by atoms with Gasteiger partial charge in [-0.1, -0.05) is 24.3 Å². The number of halogens is 9. The van der Waals surface area contributed by atoms with Gasteiger partial charge in [-0.2, -0.15) is 39.5 Å². The molecule has 5 nitrogen and oxygen atoms in total. The largest absolute Gasteiger partial charge is 0.416 e. The van der Waals surface area contributed by atoms with E-state index in [9.17, 15) is 39.5 Å². The van der Waals surface area contributed by atoms with Crippen LogP contribution in [0.2, 0.25) is 0 Å². The van der Waals surface area contributed by atoms with Crippen molar-refractivity contribution in [1.29, 1.82) is 0 Å². The monoisotopic (exact) mass is 745 g/mol. The highest BCUT2D eigenvalue weighted by Crippen LogP contribution is 2.43. The topological polar surface area (TPSA) is 48.0 Å². The number of alkyl halides is 9. The summed E-state index contributed by atoms with van der Waals surface area (Å²) in [5.41, 5.74) is -1.03. The Morgan fingerprint density at radius 2 is 1.00 bits per heavy atom. The molecule has 0 bridgehead atoms. The Balaban J connectivity index is 1.52. The van der Waals surface area contributed by atoms with Crippen molar-refractivity contribution in [3.8, 4) is 39.3 Å². The molecular weight excluding hydrogens is 721 g/mol. The van der Waals surface area contributed by atoms with Crippen molar-refractivity contribution in [3.63, 3.8) is 0 Å². The summed E-state index contributed by atoms with van der Waals surface area (Å²) in [6, 6.07) is 19.2. The molecule has 0 radical (unpaired) electrons. The number of hydrogen-bond acceptors (Lipinski definition) is 3. The van der Waals surface area contributed by atoms with Crippen LogP contribution in [0.15, 0.2) is 91.0 Å². The fourth-order valence-corrected chi connectivity index (χ4v) is 6.57. The van der Waals surface area contributed by atoms with Gasteiger partial charge in [-0.3, -0.25) is 0 Å². The van der Waals surface area contributed by atoms with Crippen LogP contribution < -0.4 is 0 Å². The zero-order valence-corrected chi connectivity index (χ0v) is 28.3. The molecule has 0 aliphatic carbocycles. The molecule has 272 valence electrons. The van der Waals surface area contributed by atoms with Gasteiger partial charge in [0.05, 0.1) is 34.3 Å². The summed E-state index contributed by atoms with van der Waals surface area (Å²) in [5.74, 6) is 1.08. The first-order chi connectivity index (χ1) is 25.3. The molecule has 0 unspecified atom stereocenters. The average Bonchev–Trinajstić information content (AvgIpc) is 3.42. The van der Waals surface area contributed by atoms with Crippen molar-refractivity contribution in [2.75, 3.05) is 0 Å². The standard InChI is InChI=1S/C40H24F9N5/c1-20-11-25(13-27(12-20)38(41,42)43)23-5-9-35-31(16-23)32-17-24(26-14-28(39(44,45)46)18-29(15-26)40(47,48)49)6-10-36(32)54(35)30-7-8-34(50-4)33(19-30)37-52-21(2)51-22(3)53-37/h5-19H,1-3H3. The Labute approximate surface area is 301 Å². The molecular formula is C40H24F9N5. The lowest BCUT2D eigenvalue weighted by molar-refractivity contribution is -0.143. The van der Waals surface area contributed by atoms with Gasteiger partial charge in [-0.05, 0) is 115 Å². The van der Waals surface area contributed by atoms with Gasteiger partial charge in [-0.15, -0.1) is 0 Å². The fraction of sp³-hybridized carbons (Fsp3) is 0.150. The van der Waals surface area contributed by atoms with E-state index in [1.807, 2.05) is 0 Å². The summed E-state index contributed by atoms with van der Waals surface area (Å²) < 4.78 is 126. The third-order valence-electron chi connectivity index (χ3n) is 8.88. The van der Waals surface area contributed by atoms with Crippen LogP contribution in [0.25, 0.3) is 66.0 Å². The maximum absolute atomic E-state index is 13.8. The van der Waals surface area contributed by atoms with E-state index in [4.69, 9.17) is 6.57 Å². The molecule has 5 aromatic carbocycles. The first kappa shape index (κ1) is 36.1. The second kappa shape index (κ2) is 12.7. The molecule has 2 aromatic heterocycles. The first-order valence-corrected chi connectivity index (χ1v) is 16.1. The molecule has 0 fully saturated rings. The smallest absolute Gasteiger partial charge is 0.309 e. The predicted molar refractivity (Wildman–Crippen MR) is 186 cm³/mol. The number of aromatic nitrogens is 4. The van der Waals surface area contributed by atoms with Gasteiger partial charge in [0.25, 0.3) is 0 Å². The van der Waals surface area contributed by atoms with E-state index in [1.54, 1.807) is 66.9 Å². The molecule has 0 aliphatic rings. The number of aryl methyl sites for hydroxylation is 3. The van der Waals surface area contributed by atoms with E-state index in [-0.39, 0.29) is 34.3 Å². The summed E-state index contributed by atoms with van der Waals surface area (Å²) in [6.45, 7) is 12.7. The van der Waals surface area contributed by atoms with Crippen LogP contribution in [-0.2, 0) is 18.5 Å². The molecule has 0 saturated carbocycles. The quantitative estimate of drug-likeness (QED) is 0.133. The normalized spacial score (nSPS) is 12.4. The van der Waals surface area contributed by atoms with Gasteiger partial charge in [-0.25, -0.2) is 19.8 Å². The highest BCUT2D eigenvalue weighted by Gasteiger charge is 2.37. The molecule has 54 heavy (non-hydrogen) atoms. The molecule has 0 atom stereocenters. The number of nitrogens with zero attached hydrogens (tertiary/aromatic N) is 5. The van der Waals surface area contributed by atoms with Gasteiger partial charge < -0.3 is 4.57 Å². The van der Waals surface area contributed by atoms with E-state index >= 15 is 0 Å². The van der Waals surface area contributed by atoms with E-state index in [0.717, 1.165) is 12.1 Å². The van der Waals surface area contributed by atoms with Gasteiger partial charge in [0.15, 0.2) is 11.5 Å². The van der Waals surface area contributed by atoms with Crippen molar-refractivity contribution < 1.29 is 39.5 Å². The van der Waals surface area contributed by atoms with Crippen molar-refractivity contribution >= 4 is 27.5 Å². The molecule has 2 heterocycles. The van der Waals surface area contributed by atoms with Crippen LogP contribution in [0.3, 0.4) is 0 Å². The molecule has 0 amide bonds. The summed E-state index contributed by atoms with van der Waals surface area (Å²) in [6.07, 6.45) is -14.8. The molecule has 7 aromatic rings. The van der Waals surface area contributed by atoms with Crippen molar-refractivity contribution in [3.05, 3.63) is 136 Å². The Hall–Kier alpha value is -6.23. The predicted octanol–water partition coefficient (Wildman–Crippen LogP) is 12.5. The lowest BCUT2D eigenvalue weighted by Crippen LogP contribution is -2.11. The van der Waals surface area contributed by atoms with Gasteiger partial charge >= 0.3 is 18.5 Å². The van der Waals surface area contributed by atoms with E-state index < -0.39 is 35.2 Å².